The zero-order valence-corrected chi connectivity index (χ0v) is 13.5. The molecule has 1 fully saturated rings. The van der Waals surface area contributed by atoms with E-state index < -0.39 is 22.0 Å². The molecule has 1 aliphatic heterocycles. The highest BCUT2D eigenvalue weighted by atomic mass is 35.5. The van der Waals surface area contributed by atoms with Gasteiger partial charge in [-0.25, -0.2) is 9.00 Å². The summed E-state index contributed by atoms with van der Waals surface area (Å²) in [6, 6.07) is 7.05. The molecular weight excluding hydrogens is 298 g/mol. The van der Waals surface area contributed by atoms with Gasteiger partial charge in [0.05, 0.1) is 18.0 Å². The van der Waals surface area contributed by atoms with Crippen LogP contribution in [0.5, 0.6) is 0 Å². The largest absolute Gasteiger partial charge is 0.467 e. The molecule has 2 rings (SSSR count). The molecule has 20 heavy (non-hydrogen) atoms. The molecule has 0 N–H and O–H groups in total. The zero-order valence-electron chi connectivity index (χ0n) is 11.9. The third kappa shape index (κ3) is 2.38. The lowest BCUT2D eigenvalue weighted by Crippen LogP contribution is -2.27. The van der Waals surface area contributed by atoms with Crippen LogP contribution < -0.4 is 0 Å². The number of halogens is 1. The molecule has 1 aliphatic rings. The van der Waals surface area contributed by atoms with E-state index in [9.17, 15) is 9.00 Å². The molecule has 4 atom stereocenters. The molecule has 0 spiro atoms. The zero-order chi connectivity index (χ0) is 15.1. The lowest BCUT2D eigenvalue weighted by molar-refractivity contribution is -0.141. The second-order valence-corrected chi connectivity index (χ2v) is 7.18. The summed E-state index contributed by atoms with van der Waals surface area (Å²) in [6.45, 7) is 5.84. The van der Waals surface area contributed by atoms with Crippen molar-refractivity contribution in [3.05, 3.63) is 29.8 Å². The molecule has 6 heteroatoms. The summed E-state index contributed by atoms with van der Waals surface area (Å²) in [5, 5.41) is 0. The summed E-state index contributed by atoms with van der Waals surface area (Å²) in [5.74, 6) is -0.459. The monoisotopic (exact) mass is 315 g/mol. The molecule has 1 unspecified atom stereocenters. The van der Waals surface area contributed by atoms with E-state index in [0.717, 1.165) is 5.56 Å². The fraction of sp³-hybridized carbons (Fsp3) is 0.500. The number of aryl methyl sites for hydroxylation is 1. The Labute approximate surface area is 126 Å². The summed E-state index contributed by atoms with van der Waals surface area (Å²) >= 11 is 6.36. The predicted octanol–water partition coefficient (Wildman–Crippen LogP) is 2.47. The Morgan fingerprint density at radius 3 is 2.40 bits per heavy atom. The van der Waals surface area contributed by atoms with Gasteiger partial charge < -0.3 is 4.74 Å². The van der Waals surface area contributed by atoms with Crippen molar-refractivity contribution in [2.45, 2.75) is 36.7 Å². The number of benzene rings is 1. The number of methoxy groups -OCH3 is 1. The van der Waals surface area contributed by atoms with Crippen molar-refractivity contribution in [3.8, 4) is 0 Å². The number of carbonyl (C=O) groups excluding carboxylic acids is 1. The van der Waals surface area contributed by atoms with Crippen LogP contribution in [0.25, 0.3) is 0 Å². The van der Waals surface area contributed by atoms with Gasteiger partial charge in [-0.3, -0.25) is 0 Å². The molecule has 1 aromatic rings. The Kier molecular flexibility index (Phi) is 4.23. The minimum Gasteiger partial charge on any atom is -0.467 e. The molecule has 0 bridgehead atoms. The Balaban J connectivity index is 2.30. The highest BCUT2D eigenvalue weighted by Gasteiger charge is 2.72. The summed E-state index contributed by atoms with van der Waals surface area (Å²) in [5.41, 5.74) is 1.09. The van der Waals surface area contributed by atoms with Gasteiger partial charge in [-0.05, 0) is 25.0 Å². The molecule has 0 radical (unpaired) electrons. The first-order valence-electron chi connectivity index (χ1n) is 6.39. The molecule has 0 aliphatic carbocycles. The van der Waals surface area contributed by atoms with Gasteiger partial charge in [-0.1, -0.05) is 43.1 Å². The summed E-state index contributed by atoms with van der Waals surface area (Å²) < 4.78 is 18.9. The minimum absolute atomic E-state index is 0.0981. The second-order valence-electron chi connectivity index (χ2n) is 5.24. The van der Waals surface area contributed by atoms with Gasteiger partial charge in [0.15, 0.2) is 0 Å². The number of rotatable bonds is 4. The van der Waals surface area contributed by atoms with Crippen molar-refractivity contribution in [2.75, 3.05) is 7.11 Å². The van der Waals surface area contributed by atoms with Crippen LogP contribution >= 0.6 is 11.6 Å². The average molecular weight is 316 g/mol. The number of nitrogens with zero attached hydrogens (tertiary/aromatic N) is 1. The maximum Gasteiger partial charge on any atom is 0.344 e. The standard InChI is InChI=1S/C14H18ClNO3S/c1-9(2)12-14(15,13(17)19-4)16(12)20(18)11-7-5-10(3)6-8-11/h5-9,12H,1-4H3/t12-,14-,16?,20-/m0/s1. The summed E-state index contributed by atoms with van der Waals surface area (Å²) in [4.78, 5) is 11.2. The van der Waals surface area contributed by atoms with Crippen LogP contribution in [-0.2, 0) is 20.5 Å². The topological polar surface area (TPSA) is 46.4 Å². The maximum atomic E-state index is 12.6. The van der Waals surface area contributed by atoms with E-state index >= 15 is 0 Å². The van der Waals surface area contributed by atoms with Gasteiger partial charge in [-0.15, -0.1) is 0 Å². The fourth-order valence-electron chi connectivity index (χ4n) is 2.32. The van der Waals surface area contributed by atoms with Gasteiger partial charge in [0.2, 0.25) is 5.00 Å². The van der Waals surface area contributed by atoms with Crippen molar-refractivity contribution >= 4 is 28.6 Å². The highest BCUT2D eigenvalue weighted by Crippen LogP contribution is 2.52. The number of alkyl halides is 1. The van der Waals surface area contributed by atoms with E-state index in [-0.39, 0.29) is 12.0 Å². The van der Waals surface area contributed by atoms with Crippen molar-refractivity contribution in [1.82, 2.24) is 4.31 Å². The van der Waals surface area contributed by atoms with Crippen LogP contribution in [0.4, 0.5) is 0 Å². The molecule has 0 amide bonds. The maximum absolute atomic E-state index is 12.6. The second kappa shape index (κ2) is 5.47. The van der Waals surface area contributed by atoms with Crippen LogP contribution in [0.2, 0.25) is 0 Å². The SMILES string of the molecule is COC(=O)[C@]1(Cl)[C@H](C(C)C)N1[S@@](=O)c1ccc(C)cc1. The van der Waals surface area contributed by atoms with E-state index in [2.05, 4.69) is 0 Å². The first-order chi connectivity index (χ1) is 9.33. The number of esters is 1. The summed E-state index contributed by atoms with van der Waals surface area (Å²) in [6.07, 6.45) is 0. The Bertz CT molecular complexity index is 546. The van der Waals surface area contributed by atoms with Crippen LogP contribution in [0.1, 0.15) is 19.4 Å². The van der Waals surface area contributed by atoms with Gasteiger partial charge >= 0.3 is 5.97 Å². The van der Waals surface area contributed by atoms with E-state index in [1.54, 1.807) is 12.1 Å². The van der Waals surface area contributed by atoms with Crippen molar-refractivity contribution in [1.29, 1.82) is 0 Å². The number of hydrogen-bond acceptors (Lipinski definition) is 3. The molecule has 0 saturated carbocycles. The quantitative estimate of drug-likeness (QED) is 0.371. The Morgan fingerprint density at radius 1 is 1.40 bits per heavy atom. The summed E-state index contributed by atoms with van der Waals surface area (Å²) in [7, 11) is -0.187. The average Bonchev–Trinajstić information content (AvgIpc) is 3.06. The lowest BCUT2D eigenvalue weighted by atomic mass is 10.1. The van der Waals surface area contributed by atoms with Gasteiger partial charge in [0.1, 0.15) is 11.0 Å². The number of hydrogen-bond donors (Lipinski definition) is 0. The highest BCUT2D eigenvalue weighted by molar-refractivity contribution is 7.83. The molecule has 1 aromatic carbocycles. The van der Waals surface area contributed by atoms with Crippen LogP contribution in [-0.4, -0.2) is 32.6 Å². The van der Waals surface area contributed by atoms with Crippen molar-refractivity contribution in [3.63, 3.8) is 0 Å². The Hall–Kier alpha value is -0.910. The normalized spacial score (nSPS) is 30.1. The van der Waals surface area contributed by atoms with E-state index in [4.69, 9.17) is 16.3 Å². The van der Waals surface area contributed by atoms with Crippen LogP contribution in [0, 0.1) is 12.8 Å². The van der Waals surface area contributed by atoms with E-state index in [0.29, 0.717) is 4.90 Å². The molecule has 0 aromatic heterocycles. The third-order valence-corrected chi connectivity index (χ3v) is 5.61. The first kappa shape index (κ1) is 15.5. The smallest absolute Gasteiger partial charge is 0.344 e. The van der Waals surface area contributed by atoms with Gasteiger partial charge in [0, 0.05) is 0 Å². The Morgan fingerprint density at radius 2 is 1.95 bits per heavy atom. The fourth-order valence-corrected chi connectivity index (χ4v) is 4.63. The van der Waals surface area contributed by atoms with Crippen molar-refractivity contribution < 1.29 is 13.7 Å². The van der Waals surface area contributed by atoms with Crippen molar-refractivity contribution in [2.24, 2.45) is 5.92 Å². The van der Waals surface area contributed by atoms with Crippen LogP contribution in [0.3, 0.4) is 0 Å². The van der Waals surface area contributed by atoms with Gasteiger partial charge in [-0.2, -0.15) is 4.31 Å². The lowest BCUT2D eigenvalue weighted by Gasteiger charge is -2.07. The molecule has 1 heterocycles. The molecular formula is C14H18ClNO3S. The minimum atomic E-state index is -1.47. The molecule has 110 valence electrons. The molecule has 4 nitrogen and oxygen atoms in total. The molecule has 1 saturated heterocycles. The predicted molar refractivity (Wildman–Crippen MR) is 78.7 cm³/mol. The number of carbonyl (C=O) groups is 1. The third-order valence-electron chi connectivity index (χ3n) is 3.40. The van der Waals surface area contributed by atoms with E-state index in [1.165, 1.54) is 11.4 Å². The van der Waals surface area contributed by atoms with E-state index in [1.807, 2.05) is 32.9 Å². The van der Waals surface area contributed by atoms with Gasteiger partial charge in [0.25, 0.3) is 0 Å². The first-order valence-corrected chi connectivity index (χ1v) is 7.87. The number of ether oxygens (including phenoxy) is 1. The van der Waals surface area contributed by atoms with Crippen LogP contribution in [0.15, 0.2) is 29.2 Å².